The van der Waals surface area contributed by atoms with E-state index in [1.165, 1.54) is 12.1 Å². The summed E-state index contributed by atoms with van der Waals surface area (Å²) in [5.41, 5.74) is 1.43. The number of amides is 1. The molecule has 1 aliphatic heterocycles. The number of halogens is 2. The highest BCUT2D eigenvalue weighted by Crippen LogP contribution is 2.23. The van der Waals surface area contributed by atoms with Crippen LogP contribution in [0.3, 0.4) is 0 Å². The molecule has 1 fully saturated rings. The van der Waals surface area contributed by atoms with Gasteiger partial charge < -0.3 is 14.7 Å². The number of nitrogens with one attached hydrogen (secondary N) is 1. The van der Waals surface area contributed by atoms with Crippen molar-refractivity contribution < 1.29 is 13.7 Å². The van der Waals surface area contributed by atoms with Gasteiger partial charge in [-0.3, -0.25) is 4.79 Å². The number of piperazine rings is 1. The van der Waals surface area contributed by atoms with Crippen LogP contribution in [0.1, 0.15) is 23.1 Å². The summed E-state index contributed by atoms with van der Waals surface area (Å²) in [6.45, 7) is 3.74. The van der Waals surface area contributed by atoms with Gasteiger partial charge in [0.05, 0.1) is 18.2 Å². The molecule has 1 aromatic carbocycles. The number of aromatic nitrogens is 1. The number of carbonyl (C=O) groups is 1. The average molecular weight is 340 g/mol. The normalized spacial score (nSPS) is 17.7. The quantitative estimate of drug-likeness (QED) is 0.932. The lowest BCUT2D eigenvalue weighted by Crippen LogP contribution is -2.49. The number of hydrogen-bond donors (Lipinski definition) is 1. The van der Waals surface area contributed by atoms with E-state index in [1.54, 1.807) is 24.0 Å². The van der Waals surface area contributed by atoms with E-state index in [9.17, 15) is 9.18 Å². The smallest absolute Gasteiger partial charge is 0.229 e. The molecular weight excluding hydrogens is 321 g/mol. The van der Waals surface area contributed by atoms with E-state index in [0.29, 0.717) is 24.5 Å². The van der Waals surface area contributed by atoms with Gasteiger partial charge >= 0.3 is 0 Å². The third-order valence-corrected chi connectivity index (χ3v) is 3.81. The first-order chi connectivity index (χ1) is 10.6. The fourth-order valence-corrected chi connectivity index (χ4v) is 2.77. The molecule has 1 aliphatic rings. The van der Waals surface area contributed by atoms with Crippen molar-refractivity contribution in [1.82, 2.24) is 15.4 Å². The van der Waals surface area contributed by atoms with Gasteiger partial charge in [-0.2, -0.15) is 0 Å². The van der Waals surface area contributed by atoms with Crippen LogP contribution in [0.2, 0.25) is 0 Å². The third kappa shape index (κ3) is 4.09. The standard InChI is InChI=1S/C16H18FN3O2.ClH/c1-11-7-14(19-22-11)9-16(21)20-6-5-18-10-15(20)12-3-2-4-13(17)8-12;/h2-4,7-8,15,18H,5-6,9-10H2,1H3;1H. The monoisotopic (exact) mass is 339 g/mol. The first-order valence-electron chi connectivity index (χ1n) is 7.31. The first-order valence-corrected chi connectivity index (χ1v) is 7.31. The highest BCUT2D eigenvalue weighted by molar-refractivity contribution is 5.85. The Balaban J connectivity index is 0.00000192. The van der Waals surface area contributed by atoms with E-state index >= 15 is 0 Å². The Morgan fingerprint density at radius 2 is 2.30 bits per heavy atom. The van der Waals surface area contributed by atoms with Gasteiger partial charge in [0.2, 0.25) is 5.91 Å². The van der Waals surface area contributed by atoms with E-state index in [1.807, 2.05) is 6.07 Å². The van der Waals surface area contributed by atoms with Gasteiger partial charge in [0.15, 0.2) is 0 Å². The Morgan fingerprint density at radius 1 is 1.48 bits per heavy atom. The molecular formula is C16H19ClFN3O2. The number of carbonyl (C=O) groups excluding carboxylic acids is 1. The molecule has 0 bridgehead atoms. The van der Waals surface area contributed by atoms with Crippen molar-refractivity contribution in [2.45, 2.75) is 19.4 Å². The molecule has 124 valence electrons. The molecule has 1 saturated heterocycles. The Bertz CT molecular complexity index is 677. The van der Waals surface area contributed by atoms with Gasteiger partial charge in [-0.05, 0) is 24.6 Å². The zero-order valence-electron chi connectivity index (χ0n) is 12.8. The number of rotatable bonds is 3. The van der Waals surface area contributed by atoms with Crippen molar-refractivity contribution in [3.05, 3.63) is 53.2 Å². The molecule has 5 nitrogen and oxygen atoms in total. The van der Waals surface area contributed by atoms with Crippen molar-refractivity contribution in [3.8, 4) is 0 Å². The molecule has 23 heavy (non-hydrogen) atoms. The van der Waals surface area contributed by atoms with E-state index in [4.69, 9.17) is 4.52 Å². The topological polar surface area (TPSA) is 58.4 Å². The second-order valence-corrected chi connectivity index (χ2v) is 5.47. The van der Waals surface area contributed by atoms with Crippen molar-refractivity contribution in [1.29, 1.82) is 0 Å². The van der Waals surface area contributed by atoms with Crippen molar-refractivity contribution in [2.75, 3.05) is 19.6 Å². The fourth-order valence-electron chi connectivity index (χ4n) is 2.77. The maximum Gasteiger partial charge on any atom is 0.229 e. The fraction of sp³-hybridized carbons (Fsp3) is 0.375. The predicted molar refractivity (Wildman–Crippen MR) is 85.9 cm³/mol. The lowest BCUT2D eigenvalue weighted by atomic mass is 10.0. The van der Waals surface area contributed by atoms with Crippen molar-refractivity contribution in [2.24, 2.45) is 0 Å². The minimum absolute atomic E-state index is 0. The third-order valence-electron chi connectivity index (χ3n) is 3.81. The lowest BCUT2D eigenvalue weighted by molar-refractivity contribution is -0.133. The number of nitrogens with zero attached hydrogens (tertiary/aromatic N) is 2. The highest BCUT2D eigenvalue weighted by Gasteiger charge is 2.28. The summed E-state index contributed by atoms with van der Waals surface area (Å²) < 4.78 is 18.5. The van der Waals surface area contributed by atoms with Crippen molar-refractivity contribution in [3.63, 3.8) is 0 Å². The lowest BCUT2D eigenvalue weighted by Gasteiger charge is -2.36. The number of aryl methyl sites for hydroxylation is 1. The summed E-state index contributed by atoms with van der Waals surface area (Å²) in [7, 11) is 0. The second kappa shape index (κ2) is 7.57. The van der Waals surface area contributed by atoms with Gasteiger partial charge in [0.1, 0.15) is 11.6 Å². The Kier molecular flexibility index (Phi) is 5.74. The molecule has 0 aliphatic carbocycles. The van der Waals surface area contributed by atoms with Gasteiger partial charge in [-0.1, -0.05) is 17.3 Å². The van der Waals surface area contributed by atoms with Gasteiger partial charge in [-0.25, -0.2) is 4.39 Å². The van der Waals surface area contributed by atoms with E-state index in [0.717, 1.165) is 12.1 Å². The molecule has 3 rings (SSSR count). The van der Waals surface area contributed by atoms with Crippen LogP contribution in [0, 0.1) is 12.7 Å². The maximum atomic E-state index is 13.5. The Hall–Kier alpha value is -1.92. The van der Waals surface area contributed by atoms with E-state index < -0.39 is 0 Å². The predicted octanol–water partition coefficient (Wildman–Crippen LogP) is 2.26. The zero-order valence-corrected chi connectivity index (χ0v) is 13.6. The molecule has 1 unspecified atom stereocenters. The van der Waals surface area contributed by atoms with Crippen molar-refractivity contribution >= 4 is 18.3 Å². The molecule has 1 amide bonds. The summed E-state index contributed by atoms with van der Waals surface area (Å²) in [5, 5.41) is 7.12. The molecule has 7 heteroatoms. The maximum absolute atomic E-state index is 13.5. The van der Waals surface area contributed by atoms with Crippen LogP contribution in [0.5, 0.6) is 0 Å². The second-order valence-electron chi connectivity index (χ2n) is 5.47. The molecule has 1 N–H and O–H groups in total. The zero-order chi connectivity index (χ0) is 15.5. The molecule has 2 heterocycles. The van der Waals surface area contributed by atoms with Crippen LogP contribution in [0.4, 0.5) is 4.39 Å². The average Bonchev–Trinajstić information content (AvgIpc) is 2.92. The minimum Gasteiger partial charge on any atom is -0.361 e. The molecule has 0 saturated carbocycles. The van der Waals surface area contributed by atoms with Crippen LogP contribution < -0.4 is 5.32 Å². The largest absolute Gasteiger partial charge is 0.361 e. The first kappa shape index (κ1) is 17.4. The molecule has 0 spiro atoms. The number of benzene rings is 1. The SMILES string of the molecule is Cc1cc(CC(=O)N2CCNCC2c2cccc(F)c2)no1.Cl. The summed E-state index contributed by atoms with van der Waals surface area (Å²) in [5.74, 6) is 0.372. The van der Waals surface area contributed by atoms with Crippen LogP contribution in [0.25, 0.3) is 0 Å². The molecule has 2 aromatic rings. The molecule has 1 atom stereocenters. The summed E-state index contributed by atoms with van der Waals surface area (Å²) in [6, 6.07) is 8.01. The molecule has 1 aromatic heterocycles. The van der Waals surface area contributed by atoms with Gasteiger partial charge in [-0.15, -0.1) is 12.4 Å². The van der Waals surface area contributed by atoms with Crippen LogP contribution in [-0.2, 0) is 11.2 Å². The summed E-state index contributed by atoms with van der Waals surface area (Å²) >= 11 is 0. The van der Waals surface area contributed by atoms with Crippen LogP contribution in [-0.4, -0.2) is 35.6 Å². The van der Waals surface area contributed by atoms with Crippen LogP contribution >= 0.6 is 12.4 Å². The number of hydrogen-bond acceptors (Lipinski definition) is 4. The van der Waals surface area contributed by atoms with E-state index in [2.05, 4.69) is 10.5 Å². The van der Waals surface area contributed by atoms with E-state index in [-0.39, 0.29) is 36.6 Å². The van der Waals surface area contributed by atoms with Gasteiger partial charge in [0.25, 0.3) is 0 Å². The van der Waals surface area contributed by atoms with Crippen LogP contribution in [0.15, 0.2) is 34.9 Å². The molecule has 0 radical (unpaired) electrons. The summed E-state index contributed by atoms with van der Waals surface area (Å²) in [6.07, 6.45) is 0.198. The highest BCUT2D eigenvalue weighted by atomic mass is 35.5. The van der Waals surface area contributed by atoms with Gasteiger partial charge in [0, 0.05) is 25.7 Å². The Labute approximate surface area is 140 Å². The summed E-state index contributed by atoms with van der Waals surface area (Å²) in [4.78, 5) is 14.4. The Morgan fingerprint density at radius 3 is 3.00 bits per heavy atom. The minimum atomic E-state index is -0.289.